The number of carbonyl (C=O) groups excluding carboxylic acids is 1. The summed E-state index contributed by atoms with van der Waals surface area (Å²) in [6, 6.07) is 11.0. The van der Waals surface area contributed by atoms with Gasteiger partial charge in [0.25, 0.3) is 0 Å². The topological polar surface area (TPSA) is 35.6 Å². The average Bonchev–Trinajstić information content (AvgIpc) is 2.93. The van der Waals surface area contributed by atoms with Gasteiger partial charge < -0.3 is 15.1 Å². The fraction of sp³-hybridized carbons (Fsp3) is 0.667. The monoisotopic (exact) mass is 343 g/mol. The Morgan fingerprint density at radius 2 is 1.88 bits per heavy atom. The van der Waals surface area contributed by atoms with Crippen molar-refractivity contribution in [3.8, 4) is 0 Å². The second-order valence-corrected chi connectivity index (χ2v) is 7.68. The first-order valence-corrected chi connectivity index (χ1v) is 9.97. The third kappa shape index (κ3) is 5.29. The molecule has 1 aromatic carbocycles. The van der Waals surface area contributed by atoms with Crippen molar-refractivity contribution in [3.63, 3.8) is 0 Å². The Bertz CT molecular complexity index is 517. The molecule has 2 aliphatic heterocycles. The number of benzene rings is 1. The van der Waals surface area contributed by atoms with Gasteiger partial charge >= 0.3 is 0 Å². The molecule has 2 fully saturated rings. The highest BCUT2D eigenvalue weighted by atomic mass is 16.2. The number of carbonyl (C=O) groups is 1. The fourth-order valence-corrected chi connectivity index (χ4v) is 4.17. The molecule has 1 amide bonds. The summed E-state index contributed by atoms with van der Waals surface area (Å²) in [5, 5.41) is 3.44. The lowest BCUT2D eigenvalue weighted by atomic mass is 9.95. The quantitative estimate of drug-likeness (QED) is 0.892. The van der Waals surface area contributed by atoms with Gasteiger partial charge in [-0.05, 0) is 77.3 Å². The number of amides is 1. The molecule has 0 aliphatic carbocycles. The normalized spacial score (nSPS) is 23.2. The summed E-state index contributed by atoms with van der Waals surface area (Å²) in [5.74, 6) is 0.625. The van der Waals surface area contributed by atoms with Crippen molar-refractivity contribution in [2.75, 3.05) is 39.8 Å². The molecule has 4 heteroatoms. The molecule has 2 heterocycles. The Morgan fingerprint density at radius 1 is 1.12 bits per heavy atom. The van der Waals surface area contributed by atoms with Gasteiger partial charge in [0.15, 0.2) is 0 Å². The summed E-state index contributed by atoms with van der Waals surface area (Å²) in [6.07, 6.45) is 6.35. The van der Waals surface area contributed by atoms with E-state index >= 15 is 0 Å². The lowest BCUT2D eigenvalue weighted by molar-refractivity contribution is -0.139. The summed E-state index contributed by atoms with van der Waals surface area (Å²) >= 11 is 0. The molecule has 1 aromatic rings. The summed E-state index contributed by atoms with van der Waals surface area (Å²) in [7, 11) is 2.18. The van der Waals surface area contributed by atoms with Crippen molar-refractivity contribution in [3.05, 3.63) is 35.9 Å². The molecule has 4 nitrogen and oxygen atoms in total. The maximum absolute atomic E-state index is 13.3. The van der Waals surface area contributed by atoms with E-state index in [4.69, 9.17) is 0 Å². The molecule has 2 saturated heterocycles. The van der Waals surface area contributed by atoms with Crippen molar-refractivity contribution in [1.29, 1.82) is 0 Å². The van der Waals surface area contributed by atoms with Crippen LogP contribution in [0.25, 0.3) is 0 Å². The number of rotatable bonds is 5. The van der Waals surface area contributed by atoms with Gasteiger partial charge in [0, 0.05) is 18.5 Å². The Kier molecular flexibility index (Phi) is 6.88. The zero-order valence-electron chi connectivity index (χ0n) is 15.6. The SMILES string of the molecule is CN1CCC(N(CCc2ccccc2)C(=O)[C@H]2CCCNCC2)CC1. The summed E-state index contributed by atoms with van der Waals surface area (Å²) in [4.78, 5) is 18.0. The molecule has 3 rings (SSSR count). The number of hydrogen-bond acceptors (Lipinski definition) is 3. The van der Waals surface area contributed by atoms with Crippen LogP contribution in [-0.4, -0.2) is 61.5 Å². The smallest absolute Gasteiger partial charge is 0.225 e. The van der Waals surface area contributed by atoms with Crippen molar-refractivity contribution >= 4 is 5.91 Å². The Labute approximate surface area is 152 Å². The van der Waals surface area contributed by atoms with Gasteiger partial charge in [0.1, 0.15) is 0 Å². The van der Waals surface area contributed by atoms with E-state index in [1.807, 2.05) is 0 Å². The van der Waals surface area contributed by atoms with Crippen LogP contribution in [0.4, 0.5) is 0 Å². The van der Waals surface area contributed by atoms with Gasteiger partial charge in [-0.3, -0.25) is 4.79 Å². The predicted octanol–water partition coefficient (Wildman–Crippen LogP) is 2.54. The lowest BCUT2D eigenvalue weighted by Gasteiger charge is -2.39. The molecule has 0 saturated carbocycles. The van der Waals surface area contributed by atoms with Crippen molar-refractivity contribution in [1.82, 2.24) is 15.1 Å². The van der Waals surface area contributed by atoms with Crippen LogP contribution in [0.15, 0.2) is 30.3 Å². The lowest BCUT2D eigenvalue weighted by Crippen LogP contribution is -2.49. The van der Waals surface area contributed by atoms with Gasteiger partial charge in [0.05, 0.1) is 0 Å². The number of likely N-dealkylation sites (tertiary alicyclic amines) is 1. The van der Waals surface area contributed by atoms with E-state index in [1.54, 1.807) is 0 Å². The van der Waals surface area contributed by atoms with Crippen LogP contribution in [-0.2, 0) is 11.2 Å². The molecule has 0 radical (unpaired) electrons. The molecule has 0 bridgehead atoms. The first-order chi connectivity index (χ1) is 12.2. The number of piperidine rings is 1. The molecule has 0 spiro atoms. The third-order valence-electron chi connectivity index (χ3n) is 5.82. The predicted molar refractivity (Wildman–Crippen MR) is 103 cm³/mol. The molecular weight excluding hydrogens is 310 g/mol. The minimum absolute atomic E-state index is 0.213. The molecule has 1 atom stereocenters. The van der Waals surface area contributed by atoms with Crippen LogP contribution in [0.1, 0.15) is 37.7 Å². The molecule has 1 N–H and O–H groups in total. The minimum Gasteiger partial charge on any atom is -0.339 e. The Balaban J connectivity index is 1.67. The zero-order valence-corrected chi connectivity index (χ0v) is 15.6. The van der Waals surface area contributed by atoms with Crippen LogP contribution < -0.4 is 5.32 Å². The third-order valence-corrected chi connectivity index (χ3v) is 5.82. The van der Waals surface area contributed by atoms with Crippen LogP contribution in [0.2, 0.25) is 0 Å². The van der Waals surface area contributed by atoms with Gasteiger partial charge in [-0.2, -0.15) is 0 Å². The first kappa shape index (κ1) is 18.4. The van der Waals surface area contributed by atoms with Crippen LogP contribution in [0.3, 0.4) is 0 Å². The van der Waals surface area contributed by atoms with E-state index < -0.39 is 0 Å². The van der Waals surface area contributed by atoms with E-state index in [9.17, 15) is 4.79 Å². The van der Waals surface area contributed by atoms with E-state index in [0.717, 1.165) is 71.2 Å². The second kappa shape index (κ2) is 9.35. The highest BCUT2D eigenvalue weighted by molar-refractivity contribution is 5.79. The van der Waals surface area contributed by atoms with Gasteiger partial charge in [-0.25, -0.2) is 0 Å². The van der Waals surface area contributed by atoms with Crippen LogP contribution >= 0.6 is 0 Å². The standard InChI is InChI=1S/C21H33N3O/c1-23-15-11-20(12-16-23)24(17-10-18-6-3-2-4-7-18)21(25)19-8-5-13-22-14-9-19/h2-4,6-7,19-20,22H,5,8-17H2,1H3/t19-/m0/s1. The first-order valence-electron chi connectivity index (χ1n) is 9.97. The summed E-state index contributed by atoms with van der Waals surface area (Å²) in [5.41, 5.74) is 1.33. The van der Waals surface area contributed by atoms with Crippen molar-refractivity contribution in [2.45, 2.75) is 44.6 Å². The van der Waals surface area contributed by atoms with Crippen molar-refractivity contribution in [2.24, 2.45) is 5.92 Å². The van der Waals surface area contributed by atoms with E-state index in [0.29, 0.717) is 11.9 Å². The van der Waals surface area contributed by atoms with E-state index in [1.165, 1.54) is 5.56 Å². The maximum Gasteiger partial charge on any atom is 0.225 e. The number of hydrogen-bond donors (Lipinski definition) is 1. The van der Waals surface area contributed by atoms with Gasteiger partial charge in [-0.1, -0.05) is 30.3 Å². The van der Waals surface area contributed by atoms with Crippen molar-refractivity contribution < 1.29 is 4.79 Å². The molecular formula is C21H33N3O. The highest BCUT2D eigenvalue weighted by Gasteiger charge is 2.31. The molecule has 0 aromatic heterocycles. The van der Waals surface area contributed by atoms with Crippen LogP contribution in [0.5, 0.6) is 0 Å². The van der Waals surface area contributed by atoms with Gasteiger partial charge in [0.2, 0.25) is 5.91 Å². The van der Waals surface area contributed by atoms with E-state index in [2.05, 4.69) is 52.5 Å². The molecule has 138 valence electrons. The molecule has 0 unspecified atom stereocenters. The number of nitrogens with one attached hydrogen (secondary N) is 1. The Morgan fingerprint density at radius 3 is 2.64 bits per heavy atom. The number of nitrogens with zero attached hydrogens (tertiary/aromatic N) is 2. The molecule has 2 aliphatic rings. The average molecular weight is 344 g/mol. The van der Waals surface area contributed by atoms with E-state index in [-0.39, 0.29) is 5.92 Å². The Hall–Kier alpha value is -1.39. The van der Waals surface area contributed by atoms with Crippen LogP contribution in [0, 0.1) is 5.92 Å². The fourth-order valence-electron chi connectivity index (χ4n) is 4.17. The van der Waals surface area contributed by atoms with Gasteiger partial charge in [-0.15, -0.1) is 0 Å². The largest absolute Gasteiger partial charge is 0.339 e. The molecule has 25 heavy (non-hydrogen) atoms. The summed E-state index contributed by atoms with van der Waals surface area (Å²) in [6.45, 7) is 5.11. The second-order valence-electron chi connectivity index (χ2n) is 7.68. The maximum atomic E-state index is 13.3. The minimum atomic E-state index is 0.213. The zero-order chi connectivity index (χ0) is 17.5. The summed E-state index contributed by atoms with van der Waals surface area (Å²) < 4.78 is 0. The highest BCUT2D eigenvalue weighted by Crippen LogP contribution is 2.23.